The summed E-state index contributed by atoms with van der Waals surface area (Å²) in [4.78, 5) is 21.2. The molecule has 0 unspecified atom stereocenters. The summed E-state index contributed by atoms with van der Waals surface area (Å²) in [5.74, 6) is -0.0456. The van der Waals surface area contributed by atoms with Crippen molar-refractivity contribution in [2.45, 2.75) is 0 Å². The monoisotopic (exact) mass is 310 g/mol. The zero-order valence-corrected chi connectivity index (χ0v) is 12.9. The number of hydrogen-bond acceptors (Lipinski definition) is 3. The minimum absolute atomic E-state index is 0.0456. The van der Waals surface area contributed by atoms with Crippen LogP contribution < -0.4 is 0 Å². The summed E-state index contributed by atoms with van der Waals surface area (Å²) in [5, 5.41) is 2.18. The molecule has 0 amide bonds. The Morgan fingerprint density at radius 1 is 0.833 bits per heavy atom. The molecule has 0 aliphatic rings. The Kier molecular flexibility index (Phi) is 3.60. The van der Waals surface area contributed by atoms with Gasteiger partial charge in [0.25, 0.3) is 0 Å². The van der Waals surface area contributed by atoms with Crippen molar-refractivity contribution in [3.05, 3.63) is 90.3 Å². The number of allylic oxidation sites excluding steroid dienone is 1. The van der Waals surface area contributed by atoms with E-state index in [0.29, 0.717) is 11.3 Å². The van der Waals surface area contributed by atoms with Crippen LogP contribution in [0.15, 0.2) is 79.0 Å². The van der Waals surface area contributed by atoms with Gasteiger partial charge in [-0.05, 0) is 41.1 Å². The topological polar surface area (TPSA) is 42.9 Å². The molecule has 0 N–H and O–H groups in total. The third kappa shape index (κ3) is 2.79. The van der Waals surface area contributed by atoms with Gasteiger partial charge in [0.2, 0.25) is 0 Å². The van der Waals surface area contributed by atoms with Crippen molar-refractivity contribution in [1.29, 1.82) is 0 Å². The van der Waals surface area contributed by atoms with E-state index in [1.165, 1.54) is 0 Å². The zero-order chi connectivity index (χ0) is 16.4. The molecule has 0 bridgehead atoms. The van der Waals surface area contributed by atoms with Crippen LogP contribution in [0.1, 0.15) is 16.1 Å². The van der Waals surface area contributed by atoms with E-state index in [1.54, 1.807) is 18.3 Å². The lowest BCUT2D eigenvalue weighted by Gasteiger charge is -2.00. The summed E-state index contributed by atoms with van der Waals surface area (Å²) in [5.41, 5.74) is 3.00. The third-order valence-electron chi connectivity index (χ3n) is 3.91. The molecule has 0 spiro atoms. The lowest BCUT2D eigenvalue weighted by atomic mass is 10.0. The van der Waals surface area contributed by atoms with Crippen molar-refractivity contribution in [3.8, 4) is 0 Å². The predicted molar refractivity (Wildman–Crippen MR) is 96.9 cm³/mol. The summed E-state index contributed by atoms with van der Waals surface area (Å²) < 4.78 is 0. The molecular formula is C21H14N2O. The second-order valence-electron chi connectivity index (χ2n) is 5.54. The van der Waals surface area contributed by atoms with Gasteiger partial charge in [-0.15, -0.1) is 0 Å². The standard InChI is InChI=1S/C21H14N2O/c24-21(17-10-9-15-5-1-2-6-16(15)13-17)12-11-18-14-22-19-7-3-4-8-20(19)23-18/h1-14H/b12-11+. The number of carbonyl (C=O) groups excluding carboxylic acids is 1. The molecule has 0 atom stereocenters. The van der Waals surface area contributed by atoms with E-state index >= 15 is 0 Å². The Morgan fingerprint density at radius 3 is 2.46 bits per heavy atom. The molecule has 4 aromatic rings. The van der Waals surface area contributed by atoms with Crippen molar-refractivity contribution in [2.75, 3.05) is 0 Å². The van der Waals surface area contributed by atoms with Gasteiger partial charge in [0.15, 0.2) is 5.78 Å². The smallest absolute Gasteiger partial charge is 0.185 e. The highest BCUT2D eigenvalue weighted by molar-refractivity contribution is 6.08. The van der Waals surface area contributed by atoms with Crippen LogP contribution in [0.25, 0.3) is 27.9 Å². The van der Waals surface area contributed by atoms with E-state index < -0.39 is 0 Å². The third-order valence-corrected chi connectivity index (χ3v) is 3.91. The number of hydrogen-bond donors (Lipinski definition) is 0. The van der Waals surface area contributed by atoms with Gasteiger partial charge in [-0.2, -0.15) is 0 Å². The highest BCUT2D eigenvalue weighted by Crippen LogP contribution is 2.16. The molecule has 0 fully saturated rings. The quantitative estimate of drug-likeness (QED) is 0.407. The Hall–Kier alpha value is -3.33. The predicted octanol–water partition coefficient (Wildman–Crippen LogP) is 4.68. The van der Waals surface area contributed by atoms with Gasteiger partial charge in [0.1, 0.15) is 0 Å². The number of carbonyl (C=O) groups is 1. The second-order valence-corrected chi connectivity index (χ2v) is 5.54. The molecule has 24 heavy (non-hydrogen) atoms. The molecule has 1 aromatic heterocycles. The van der Waals surface area contributed by atoms with Crippen molar-refractivity contribution in [1.82, 2.24) is 9.97 Å². The van der Waals surface area contributed by atoms with E-state index in [2.05, 4.69) is 9.97 Å². The van der Waals surface area contributed by atoms with E-state index in [0.717, 1.165) is 21.8 Å². The van der Waals surface area contributed by atoms with Crippen LogP contribution in [0.3, 0.4) is 0 Å². The fourth-order valence-electron chi connectivity index (χ4n) is 2.65. The molecule has 0 aliphatic carbocycles. The van der Waals surface area contributed by atoms with Crippen LogP contribution in [0.2, 0.25) is 0 Å². The van der Waals surface area contributed by atoms with Crippen molar-refractivity contribution in [3.63, 3.8) is 0 Å². The van der Waals surface area contributed by atoms with Crippen molar-refractivity contribution in [2.24, 2.45) is 0 Å². The molecule has 0 saturated heterocycles. The SMILES string of the molecule is O=C(/C=C/c1cnc2ccccc2n1)c1ccc2ccccc2c1. The maximum Gasteiger partial charge on any atom is 0.185 e. The van der Waals surface area contributed by atoms with E-state index in [4.69, 9.17) is 0 Å². The lowest BCUT2D eigenvalue weighted by molar-refractivity contribution is 0.104. The van der Waals surface area contributed by atoms with Gasteiger partial charge < -0.3 is 0 Å². The summed E-state index contributed by atoms with van der Waals surface area (Å²) in [6.45, 7) is 0. The molecule has 3 nitrogen and oxygen atoms in total. The molecule has 0 aliphatic heterocycles. The lowest BCUT2D eigenvalue weighted by Crippen LogP contribution is -1.94. The fourth-order valence-corrected chi connectivity index (χ4v) is 2.65. The van der Waals surface area contributed by atoms with E-state index in [9.17, 15) is 4.79 Å². The number of rotatable bonds is 3. The molecule has 3 heteroatoms. The minimum Gasteiger partial charge on any atom is -0.289 e. The number of fused-ring (bicyclic) bond motifs is 2. The van der Waals surface area contributed by atoms with Crippen LogP contribution in [-0.4, -0.2) is 15.8 Å². The molecular weight excluding hydrogens is 296 g/mol. The number of ketones is 1. The van der Waals surface area contributed by atoms with Crippen molar-refractivity contribution >= 4 is 33.7 Å². The minimum atomic E-state index is -0.0456. The van der Waals surface area contributed by atoms with Crippen LogP contribution >= 0.6 is 0 Å². The Morgan fingerprint density at radius 2 is 1.58 bits per heavy atom. The highest BCUT2D eigenvalue weighted by atomic mass is 16.1. The van der Waals surface area contributed by atoms with E-state index in [-0.39, 0.29) is 5.78 Å². The number of aromatic nitrogens is 2. The first-order chi connectivity index (χ1) is 11.8. The maximum absolute atomic E-state index is 12.4. The Labute approximate surface area is 139 Å². The van der Waals surface area contributed by atoms with Gasteiger partial charge in [0, 0.05) is 5.56 Å². The van der Waals surface area contributed by atoms with Gasteiger partial charge in [-0.1, -0.05) is 48.5 Å². The average Bonchev–Trinajstić information content (AvgIpc) is 2.65. The number of nitrogens with zero attached hydrogens (tertiary/aromatic N) is 2. The van der Waals surface area contributed by atoms with Gasteiger partial charge in [-0.3, -0.25) is 9.78 Å². The van der Waals surface area contributed by atoms with Crippen LogP contribution in [0, 0.1) is 0 Å². The van der Waals surface area contributed by atoms with Crippen LogP contribution in [-0.2, 0) is 0 Å². The molecule has 1 heterocycles. The van der Waals surface area contributed by atoms with Crippen LogP contribution in [0.5, 0.6) is 0 Å². The van der Waals surface area contributed by atoms with E-state index in [1.807, 2.05) is 66.7 Å². The van der Waals surface area contributed by atoms with Gasteiger partial charge >= 0.3 is 0 Å². The van der Waals surface area contributed by atoms with Gasteiger partial charge in [-0.25, -0.2) is 4.98 Å². The normalized spacial score (nSPS) is 11.3. The first-order valence-corrected chi connectivity index (χ1v) is 7.73. The molecule has 0 radical (unpaired) electrons. The molecule has 3 aromatic carbocycles. The summed E-state index contributed by atoms with van der Waals surface area (Å²) >= 11 is 0. The largest absolute Gasteiger partial charge is 0.289 e. The molecule has 0 saturated carbocycles. The Balaban J connectivity index is 1.62. The molecule has 4 rings (SSSR count). The zero-order valence-electron chi connectivity index (χ0n) is 12.9. The maximum atomic E-state index is 12.4. The average molecular weight is 310 g/mol. The highest BCUT2D eigenvalue weighted by Gasteiger charge is 2.03. The first-order valence-electron chi connectivity index (χ1n) is 7.73. The Bertz CT molecular complexity index is 1080. The number of para-hydroxylation sites is 2. The fraction of sp³-hybridized carbons (Fsp3) is 0. The number of benzene rings is 3. The summed E-state index contributed by atoms with van der Waals surface area (Å²) in [6, 6.07) is 21.4. The summed E-state index contributed by atoms with van der Waals surface area (Å²) in [7, 11) is 0. The summed E-state index contributed by atoms with van der Waals surface area (Å²) in [6.07, 6.45) is 4.92. The first kappa shape index (κ1) is 14.3. The second kappa shape index (κ2) is 6.05. The van der Waals surface area contributed by atoms with Gasteiger partial charge in [0.05, 0.1) is 22.9 Å². The molecule has 114 valence electrons. The van der Waals surface area contributed by atoms with Crippen LogP contribution in [0.4, 0.5) is 0 Å². The van der Waals surface area contributed by atoms with Crippen molar-refractivity contribution < 1.29 is 4.79 Å².